The fourth-order valence-electron chi connectivity index (χ4n) is 1.65. The average molecular weight is 244 g/mol. The third-order valence-electron chi connectivity index (χ3n) is 2.58. The molecule has 4 heteroatoms. The van der Waals surface area contributed by atoms with Crippen LogP contribution < -0.4 is 4.74 Å². The van der Waals surface area contributed by atoms with Crippen LogP contribution in [0.15, 0.2) is 42.9 Å². The third kappa shape index (κ3) is 3.82. The summed E-state index contributed by atoms with van der Waals surface area (Å²) in [6, 6.07) is 7.57. The Balaban J connectivity index is 1.75. The summed E-state index contributed by atoms with van der Waals surface area (Å²) < 4.78 is 5.60. The van der Waals surface area contributed by atoms with E-state index in [1.807, 2.05) is 12.1 Å². The van der Waals surface area contributed by atoms with E-state index in [2.05, 4.69) is 9.97 Å². The molecule has 4 nitrogen and oxygen atoms in total. The van der Waals surface area contributed by atoms with E-state index in [-0.39, 0.29) is 6.61 Å². The molecule has 0 aliphatic heterocycles. The van der Waals surface area contributed by atoms with E-state index in [1.54, 1.807) is 30.7 Å². The van der Waals surface area contributed by atoms with Crippen molar-refractivity contribution in [3.8, 4) is 5.75 Å². The highest BCUT2D eigenvalue weighted by Crippen LogP contribution is 2.11. The molecule has 94 valence electrons. The second-order valence-corrected chi connectivity index (χ2v) is 3.95. The normalized spacial score (nSPS) is 10.3. The molecular weight excluding hydrogens is 228 g/mol. The molecule has 0 bridgehead atoms. The number of aryl methyl sites for hydroxylation is 1. The van der Waals surface area contributed by atoms with Gasteiger partial charge in [-0.05, 0) is 36.6 Å². The highest BCUT2D eigenvalue weighted by molar-refractivity contribution is 5.22. The van der Waals surface area contributed by atoms with Crippen molar-refractivity contribution in [3.63, 3.8) is 0 Å². The van der Waals surface area contributed by atoms with Gasteiger partial charge < -0.3 is 9.84 Å². The fourth-order valence-corrected chi connectivity index (χ4v) is 1.65. The summed E-state index contributed by atoms with van der Waals surface area (Å²) in [5.74, 6) is 0.753. The lowest BCUT2D eigenvalue weighted by atomic mass is 10.1. The SMILES string of the molecule is OCc1cc(OCCCc2ccncc2)ccn1. The summed E-state index contributed by atoms with van der Waals surface area (Å²) >= 11 is 0. The molecule has 2 heterocycles. The minimum Gasteiger partial charge on any atom is -0.493 e. The number of aromatic nitrogens is 2. The van der Waals surface area contributed by atoms with Gasteiger partial charge in [0.15, 0.2) is 0 Å². The summed E-state index contributed by atoms with van der Waals surface area (Å²) in [6.07, 6.45) is 7.16. The Bertz CT molecular complexity index is 474. The molecule has 0 saturated heterocycles. The van der Waals surface area contributed by atoms with Crippen LogP contribution >= 0.6 is 0 Å². The first-order valence-electron chi connectivity index (χ1n) is 5.96. The molecule has 0 unspecified atom stereocenters. The molecule has 0 aliphatic rings. The van der Waals surface area contributed by atoms with E-state index in [4.69, 9.17) is 9.84 Å². The Morgan fingerprint density at radius 2 is 1.94 bits per heavy atom. The lowest BCUT2D eigenvalue weighted by molar-refractivity contribution is 0.273. The van der Waals surface area contributed by atoms with E-state index >= 15 is 0 Å². The number of aliphatic hydroxyl groups excluding tert-OH is 1. The second kappa shape index (κ2) is 6.71. The summed E-state index contributed by atoms with van der Waals surface area (Å²) in [7, 11) is 0. The van der Waals surface area contributed by atoms with Crippen LogP contribution in [0.4, 0.5) is 0 Å². The van der Waals surface area contributed by atoms with Crippen molar-refractivity contribution < 1.29 is 9.84 Å². The Morgan fingerprint density at radius 3 is 2.72 bits per heavy atom. The number of hydrogen-bond donors (Lipinski definition) is 1. The first-order chi connectivity index (χ1) is 8.88. The van der Waals surface area contributed by atoms with Gasteiger partial charge >= 0.3 is 0 Å². The Hall–Kier alpha value is -1.94. The molecule has 0 amide bonds. The van der Waals surface area contributed by atoms with Gasteiger partial charge in [0.05, 0.1) is 18.9 Å². The largest absolute Gasteiger partial charge is 0.493 e. The van der Waals surface area contributed by atoms with Gasteiger partial charge in [-0.1, -0.05) is 0 Å². The van der Waals surface area contributed by atoms with Crippen LogP contribution in [0, 0.1) is 0 Å². The standard InChI is InChI=1S/C14H16N2O2/c17-11-13-10-14(5-8-16-13)18-9-1-2-12-3-6-15-7-4-12/h3-8,10,17H,1-2,9,11H2. The molecule has 0 radical (unpaired) electrons. The van der Waals surface area contributed by atoms with E-state index in [1.165, 1.54) is 5.56 Å². The lowest BCUT2D eigenvalue weighted by Gasteiger charge is -2.06. The van der Waals surface area contributed by atoms with Crippen molar-refractivity contribution >= 4 is 0 Å². The van der Waals surface area contributed by atoms with Crippen molar-refractivity contribution in [2.75, 3.05) is 6.61 Å². The predicted octanol–water partition coefficient (Wildman–Crippen LogP) is 1.98. The van der Waals surface area contributed by atoms with Gasteiger partial charge in [0, 0.05) is 24.7 Å². The minimum atomic E-state index is -0.0613. The highest BCUT2D eigenvalue weighted by Gasteiger charge is 1.98. The number of ether oxygens (including phenoxy) is 1. The number of hydrogen-bond acceptors (Lipinski definition) is 4. The van der Waals surface area contributed by atoms with E-state index < -0.39 is 0 Å². The monoisotopic (exact) mass is 244 g/mol. The molecule has 0 saturated carbocycles. The molecule has 18 heavy (non-hydrogen) atoms. The van der Waals surface area contributed by atoms with Crippen molar-refractivity contribution in [2.24, 2.45) is 0 Å². The average Bonchev–Trinajstić information content (AvgIpc) is 2.45. The quantitative estimate of drug-likeness (QED) is 0.789. The Labute approximate surface area is 106 Å². The zero-order chi connectivity index (χ0) is 12.6. The maximum absolute atomic E-state index is 8.96. The first-order valence-corrected chi connectivity index (χ1v) is 5.96. The fraction of sp³-hybridized carbons (Fsp3) is 0.286. The zero-order valence-corrected chi connectivity index (χ0v) is 10.1. The van der Waals surface area contributed by atoms with Gasteiger partial charge in [-0.25, -0.2) is 0 Å². The molecular formula is C14H16N2O2. The number of rotatable bonds is 6. The molecule has 0 aromatic carbocycles. The molecule has 2 aromatic heterocycles. The third-order valence-corrected chi connectivity index (χ3v) is 2.58. The van der Waals surface area contributed by atoms with E-state index in [0.717, 1.165) is 18.6 Å². The maximum Gasteiger partial charge on any atom is 0.122 e. The van der Waals surface area contributed by atoms with Crippen LogP contribution in [0.1, 0.15) is 17.7 Å². The van der Waals surface area contributed by atoms with Crippen LogP contribution in [-0.2, 0) is 13.0 Å². The van der Waals surface area contributed by atoms with Gasteiger partial charge in [0.2, 0.25) is 0 Å². The number of pyridine rings is 2. The van der Waals surface area contributed by atoms with Crippen LogP contribution in [0.2, 0.25) is 0 Å². The van der Waals surface area contributed by atoms with Crippen LogP contribution in [0.5, 0.6) is 5.75 Å². The molecule has 0 fully saturated rings. The van der Waals surface area contributed by atoms with Crippen molar-refractivity contribution in [1.29, 1.82) is 0 Å². The lowest BCUT2D eigenvalue weighted by Crippen LogP contribution is -2.00. The molecule has 0 aliphatic carbocycles. The summed E-state index contributed by atoms with van der Waals surface area (Å²) in [4.78, 5) is 7.98. The minimum absolute atomic E-state index is 0.0613. The van der Waals surface area contributed by atoms with Crippen LogP contribution in [0.3, 0.4) is 0 Å². The van der Waals surface area contributed by atoms with Crippen molar-refractivity contribution in [1.82, 2.24) is 9.97 Å². The van der Waals surface area contributed by atoms with Crippen LogP contribution in [-0.4, -0.2) is 21.7 Å². The molecule has 2 rings (SSSR count). The smallest absolute Gasteiger partial charge is 0.122 e. The topological polar surface area (TPSA) is 55.2 Å². The summed E-state index contributed by atoms with van der Waals surface area (Å²) in [5.41, 5.74) is 1.89. The molecule has 0 spiro atoms. The molecule has 2 aromatic rings. The van der Waals surface area contributed by atoms with Crippen molar-refractivity contribution in [3.05, 3.63) is 54.1 Å². The number of nitrogens with zero attached hydrogens (tertiary/aromatic N) is 2. The molecule has 0 atom stereocenters. The Morgan fingerprint density at radius 1 is 1.11 bits per heavy atom. The second-order valence-electron chi connectivity index (χ2n) is 3.95. The predicted molar refractivity (Wildman–Crippen MR) is 68.2 cm³/mol. The summed E-state index contributed by atoms with van der Waals surface area (Å²) in [5, 5.41) is 8.96. The van der Waals surface area contributed by atoms with E-state index in [9.17, 15) is 0 Å². The van der Waals surface area contributed by atoms with Gasteiger partial charge in [-0.15, -0.1) is 0 Å². The van der Waals surface area contributed by atoms with E-state index in [0.29, 0.717) is 12.3 Å². The maximum atomic E-state index is 8.96. The summed E-state index contributed by atoms with van der Waals surface area (Å²) in [6.45, 7) is 0.589. The van der Waals surface area contributed by atoms with Crippen LogP contribution in [0.25, 0.3) is 0 Å². The number of aliphatic hydroxyl groups is 1. The van der Waals surface area contributed by atoms with Gasteiger partial charge in [-0.3, -0.25) is 9.97 Å². The van der Waals surface area contributed by atoms with Gasteiger partial charge in [-0.2, -0.15) is 0 Å². The Kier molecular flexibility index (Phi) is 4.67. The first kappa shape index (κ1) is 12.5. The molecule has 1 N–H and O–H groups in total. The van der Waals surface area contributed by atoms with Gasteiger partial charge in [0.25, 0.3) is 0 Å². The highest BCUT2D eigenvalue weighted by atomic mass is 16.5. The van der Waals surface area contributed by atoms with Gasteiger partial charge in [0.1, 0.15) is 5.75 Å². The van der Waals surface area contributed by atoms with Crippen molar-refractivity contribution in [2.45, 2.75) is 19.4 Å². The zero-order valence-electron chi connectivity index (χ0n) is 10.1.